The van der Waals surface area contributed by atoms with Gasteiger partial charge in [-0.15, -0.1) is 0 Å². The number of ether oxygens (including phenoxy) is 1. The molecule has 0 aliphatic carbocycles. The van der Waals surface area contributed by atoms with Crippen LogP contribution < -0.4 is 4.74 Å². The predicted molar refractivity (Wildman–Crippen MR) is 104 cm³/mol. The Morgan fingerprint density at radius 1 is 0.760 bits per heavy atom. The van der Waals surface area contributed by atoms with Crippen molar-refractivity contribution in [3.8, 4) is 5.75 Å². The molecule has 25 heavy (non-hydrogen) atoms. The van der Waals surface area contributed by atoms with Crippen molar-refractivity contribution in [2.24, 2.45) is 0 Å². The van der Waals surface area contributed by atoms with Crippen LogP contribution in [0.15, 0.2) is 112 Å². The Hall–Kier alpha value is -2.78. The number of hydrogen-bond acceptors (Lipinski definition) is 2. The molecule has 0 N–H and O–H groups in total. The van der Waals surface area contributed by atoms with Gasteiger partial charge in [0, 0.05) is 5.57 Å². The van der Waals surface area contributed by atoms with E-state index in [-0.39, 0.29) is 0 Å². The Kier molecular flexibility index (Phi) is 5.36. The molecule has 0 radical (unpaired) electrons. The summed E-state index contributed by atoms with van der Waals surface area (Å²) in [5, 5.41) is 0. The summed E-state index contributed by atoms with van der Waals surface area (Å²) < 4.78 is 5.29. The lowest BCUT2D eigenvalue weighted by Crippen LogP contribution is -2.07. The van der Waals surface area contributed by atoms with Crippen molar-refractivity contribution >= 4 is 16.9 Å². The molecule has 126 valence electrons. The highest BCUT2D eigenvalue weighted by Crippen LogP contribution is 2.51. The minimum absolute atomic E-state index is 0.389. The fourth-order valence-corrected chi connectivity index (χ4v) is 4.74. The van der Waals surface area contributed by atoms with E-state index in [1.54, 1.807) is 6.92 Å². The van der Waals surface area contributed by atoms with Crippen molar-refractivity contribution in [3.05, 3.63) is 97.1 Å². The van der Waals surface area contributed by atoms with Crippen molar-refractivity contribution in [1.82, 2.24) is 0 Å². The third-order valence-corrected chi connectivity index (χ3v) is 6.13. The van der Waals surface area contributed by atoms with Crippen molar-refractivity contribution in [2.75, 3.05) is 0 Å². The summed E-state index contributed by atoms with van der Waals surface area (Å²) in [4.78, 5) is 15.4. The zero-order chi connectivity index (χ0) is 17.6. The number of thiol groups is 1. The van der Waals surface area contributed by atoms with Crippen LogP contribution in [0.5, 0.6) is 5.75 Å². The SMILES string of the molecule is C=C(C)C(=O)Oc1ccc([SH](c2ccccc2)c2ccccc2)cc1. The second kappa shape index (κ2) is 7.86. The number of esters is 1. The Morgan fingerprint density at radius 2 is 1.20 bits per heavy atom. The van der Waals surface area contributed by atoms with Gasteiger partial charge < -0.3 is 4.74 Å². The average Bonchev–Trinajstić information content (AvgIpc) is 2.65. The summed E-state index contributed by atoms with van der Waals surface area (Å²) >= 11 is 0. The quantitative estimate of drug-likeness (QED) is 0.279. The van der Waals surface area contributed by atoms with E-state index in [2.05, 4.69) is 55.1 Å². The van der Waals surface area contributed by atoms with Gasteiger partial charge in [0.15, 0.2) is 0 Å². The molecule has 3 aromatic carbocycles. The van der Waals surface area contributed by atoms with E-state index in [4.69, 9.17) is 4.74 Å². The second-order valence-corrected chi connectivity index (χ2v) is 7.89. The normalized spacial score (nSPS) is 10.8. The lowest BCUT2D eigenvalue weighted by molar-refractivity contribution is -0.130. The molecule has 3 heteroatoms. The average molecular weight is 348 g/mol. The van der Waals surface area contributed by atoms with Gasteiger partial charge in [-0.05, 0) is 70.1 Å². The van der Waals surface area contributed by atoms with E-state index in [9.17, 15) is 4.79 Å². The Morgan fingerprint density at radius 3 is 1.64 bits per heavy atom. The molecule has 3 rings (SSSR count). The molecule has 0 saturated carbocycles. The first-order valence-corrected chi connectivity index (χ1v) is 9.37. The molecule has 0 aromatic heterocycles. The van der Waals surface area contributed by atoms with E-state index >= 15 is 0 Å². The molecule has 0 amide bonds. The van der Waals surface area contributed by atoms with E-state index in [1.165, 1.54) is 14.7 Å². The third kappa shape index (κ3) is 4.20. The summed E-state index contributed by atoms with van der Waals surface area (Å²) in [5.74, 6) is 0.133. The highest BCUT2D eigenvalue weighted by atomic mass is 32.2. The molecule has 0 aliphatic heterocycles. The van der Waals surface area contributed by atoms with Crippen LogP contribution in [0.25, 0.3) is 0 Å². The van der Waals surface area contributed by atoms with E-state index in [1.807, 2.05) is 36.4 Å². The van der Waals surface area contributed by atoms with Crippen LogP contribution in [0.4, 0.5) is 0 Å². The smallest absolute Gasteiger partial charge is 0.338 e. The Balaban J connectivity index is 1.94. The summed E-state index contributed by atoms with van der Waals surface area (Å²) in [5.41, 5.74) is 0.389. The third-order valence-electron chi connectivity index (χ3n) is 3.68. The second-order valence-electron chi connectivity index (χ2n) is 5.67. The van der Waals surface area contributed by atoms with Crippen LogP contribution in [-0.2, 0) is 4.79 Å². The van der Waals surface area contributed by atoms with Gasteiger partial charge in [0.1, 0.15) is 5.75 Å². The molecule has 3 aromatic rings. The van der Waals surface area contributed by atoms with Crippen LogP contribution in [0, 0.1) is 0 Å². The maximum Gasteiger partial charge on any atom is 0.338 e. The molecular formula is C22H20O2S. The van der Waals surface area contributed by atoms with Crippen LogP contribution in [0.1, 0.15) is 6.92 Å². The number of carbonyl (C=O) groups is 1. The molecule has 2 nitrogen and oxygen atoms in total. The van der Waals surface area contributed by atoms with Gasteiger partial charge in [0.05, 0.1) is 0 Å². The van der Waals surface area contributed by atoms with Crippen molar-refractivity contribution in [3.63, 3.8) is 0 Å². The van der Waals surface area contributed by atoms with Gasteiger partial charge in [0.25, 0.3) is 0 Å². The first-order chi connectivity index (χ1) is 12.1. The molecular weight excluding hydrogens is 328 g/mol. The number of hydrogen-bond donors (Lipinski definition) is 1. The molecule has 0 bridgehead atoms. The van der Waals surface area contributed by atoms with Gasteiger partial charge in [-0.2, -0.15) is 10.9 Å². The fourth-order valence-electron chi connectivity index (χ4n) is 2.46. The number of rotatable bonds is 5. The van der Waals surface area contributed by atoms with Crippen LogP contribution >= 0.6 is 10.9 Å². The van der Waals surface area contributed by atoms with Gasteiger partial charge in [0.2, 0.25) is 0 Å². The maximum absolute atomic E-state index is 11.7. The van der Waals surface area contributed by atoms with Crippen molar-refractivity contribution in [1.29, 1.82) is 0 Å². The summed E-state index contributed by atoms with van der Waals surface area (Å²) in [7, 11) is -0.649. The zero-order valence-corrected chi connectivity index (χ0v) is 14.9. The number of benzene rings is 3. The van der Waals surface area contributed by atoms with Gasteiger partial charge in [-0.3, -0.25) is 0 Å². The minimum Gasteiger partial charge on any atom is -0.423 e. The highest BCUT2D eigenvalue weighted by Gasteiger charge is 2.13. The van der Waals surface area contributed by atoms with Gasteiger partial charge >= 0.3 is 5.97 Å². The fraction of sp³-hybridized carbons (Fsp3) is 0.0455. The maximum atomic E-state index is 11.7. The molecule has 0 aliphatic rings. The molecule has 0 saturated heterocycles. The molecule has 0 atom stereocenters. The molecule has 0 spiro atoms. The van der Waals surface area contributed by atoms with Crippen molar-refractivity contribution in [2.45, 2.75) is 21.6 Å². The van der Waals surface area contributed by atoms with Crippen molar-refractivity contribution < 1.29 is 9.53 Å². The highest BCUT2D eigenvalue weighted by molar-refractivity contribution is 8.17. The zero-order valence-electron chi connectivity index (χ0n) is 14.1. The largest absolute Gasteiger partial charge is 0.423 e. The standard InChI is InChI=1S/C22H20O2S/c1-17(2)22(23)24-18-13-15-21(16-14-18)25(19-9-5-3-6-10-19)20-11-7-4-8-12-20/h3-16,25H,1H2,2H3. The summed E-state index contributed by atoms with van der Waals surface area (Å²) in [6.07, 6.45) is 0. The first-order valence-electron chi connectivity index (χ1n) is 8.03. The van der Waals surface area contributed by atoms with Crippen LogP contribution in [0.3, 0.4) is 0 Å². The Labute approximate surface area is 151 Å². The van der Waals surface area contributed by atoms with Crippen LogP contribution in [0.2, 0.25) is 0 Å². The molecule has 0 unspecified atom stereocenters. The first kappa shape index (κ1) is 17.1. The van der Waals surface area contributed by atoms with E-state index in [0.29, 0.717) is 11.3 Å². The molecule has 0 heterocycles. The monoisotopic (exact) mass is 348 g/mol. The van der Waals surface area contributed by atoms with E-state index in [0.717, 1.165) is 0 Å². The predicted octanol–water partition coefficient (Wildman–Crippen LogP) is 5.65. The molecule has 0 fully saturated rings. The Bertz CT molecular complexity index is 816. The lowest BCUT2D eigenvalue weighted by Gasteiger charge is -2.23. The number of carbonyl (C=O) groups excluding carboxylic acids is 1. The topological polar surface area (TPSA) is 26.3 Å². The lowest BCUT2D eigenvalue weighted by atomic mass is 10.3. The van der Waals surface area contributed by atoms with Gasteiger partial charge in [-0.25, -0.2) is 4.79 Å². The minimum atomic E-state index is -0.649. The summed E-state index contributed by atoms with van der Waals surface area (Å²) in [6.45, 7) is 5.24. The van der Waals surface area contributed by atoms with Crippen LogP contribution in [-0.4, -0.2) is 5.97 Å². The van der Waals surface area contributed by atoms with Gasteiger partial charge in [-0.1, -0.05) is 43.0 Å². The summed E-state index contributed by atoms with van der Waals surface area (Å²) in [6, 6.07) is 28.7. The van der Waals surface area contributed by atoms with E-state index < -0.39 is 16.9 Å².